The van der Waals surface area contributed by atoms with E-state index in [9.17, 15) is 23.6 Å². The van der Waals surface area contributed by atoms with E-state index >= 15 is 0 Å². The Morgan fingerprint density at radius 1 is 1.24 bits per heavy atom. The second-order valence-corrected chi connectivity index (χ2v) is 7.76. The topological polar surface area (TPSA) is 134 Å². The number of anilines is 1. The second kappa shape index (κ2) is 9.34. The number of methoxy groups -OCH3 is 1. The largest absolute Gasteiger partial charge is 0.504 e. The molecule has 0 spiro atoms. The van der Waals surface area contributed by atoms with Gasteiger partial charge in [-0.1, -0.05) is 13.8 Å². The van der Waals surface area contributed by atoms with Gasteiger partial charge < -0.3 is 9.84 Å². The number of phenols is 1. The Balaban J connectivity index is 2.30. The molecule has 0 saturated heterocycles. The van der Waals surface area contributed by atoms with Gasteiger partial charge in [0.2, 0.25) is 10.0 Å². The van der Waals surface area contributed by atoms with E-state index in [1.165, 1.54) is 35.8 Å². The fourth-order valence-electron chi connectivity index (χ4n) is 2.59. The number of nitrogens with one attached hydrogen (secondary N) is 1. The Morgan fingerprint density at radius 3 is 2.48 bits per heavy atom. The molecule has 0 aliphatic heterocycles. The van der Waals surface area contributed by atoms with E-state index in [1.807, 2.05) is 0 Å². The summed E-state index contributed by atoms with van der Waals surface area (Å²) < 4.78 is 31.3. The number of ether oxygens (including phenoxy) is 1. The first-order chi connectivity index (χ1) is 13.7. The maximum atomic E-state index is 12.6. The van der Waals surface area contributed by atoms with Crippen molar-refractivity contribution in [2.24, 2.45) is 5.10 Å². The molecule has 0 radical (unpaired) electrons. The van der Waals surface area contributed by atoms with Crippen molar-refractivity contribution in [1.29, 1.82) is 0 Å². The van der Waals surface area contributed by atoms with Crippen molar-refractivity contribution in [2.75, 3.05) is 25.6 Å². The molecule has 2 N–H and O–H groups in total. The Hall–Kier alpha value is -3.18. The van der Waals surface area contributed by atoms with Crippen LogP contribution in [0, 0.1) is 10.1 Å². The molecule has 0 heterocycles. The van der Waals surface area contributed by atoms with Crippen molar-refractivity contribution in [1.82, 2.24) is 4.31 Å². The van der Waals surface area contributed by atoms with Crippen LogP contribution in [0.5, 0.6) is 11.5 Å². The van der Waals surface area contributed by atoms with Gasteiger partial charge in [-0.25, -0.2) is 8.42 Å². The van der Waals surface area contributed by atoms with Crippen LogP contribution in [0.2, 0.25) is 0 Å². The van der Waals surface area contributed by atoms with Crippen molar-refractivity contribution in [2.45, 2.75) is 18.7 Å². The van der Waals surface area contributed by atoms with Gasteiger partial charge in [0.15, 0.2) is 11.5 Å². The van der Waals surface area contributed by atoms with Crippen LogP contribution in [0.1, 0.15) is 19.4 Å². The molecule has 0 aromatic heterocycles. The summed E-state index contributed by atoms with van der Waals surface area (Å²) in [5.41, 5.74) is 2.67. The van der Waals surface area contributed by atoms with Crippen molar-refractivity contribution in [3.63, 3.8) is 0 Å². The lowest BCUT2D eigenvalue weighted by Crippen LogP contribution is -2.30. The predicted octanol–water partition coefficient (Wildman–Crippen LogP) is 2.79. The summed E-state index contributed by atoms with van der Waals surface area (Å²) >= 11 is 0. The molecule has 0 atom stereocenters. The fraction of sp³-hybridized carbons (Fsp3) is 0.278. The third-order valence-electron chi connectivity index (χ3n) is 4.11. The van der Waals surface area contributed by atoms with E-state index in [2.05, 4.69) is 10.5 Å². The molecule has 0 fully saturated rings. The molecule has 0 unspecified atom stereocenters. The van der Waals surface area contributed by atoms with E-state index in [0.29, 0.717) is 11.3 Å². The van der Waals surface area contributed by atoms with Crippen molar-refractivity contribution < 1.29 is 23.2 Å². The minimum absolute atomic E-state index is 0.0301. The molecule has 2 rings (SSSR count). The number of phenolic OH excluding ortho intramolecular Hbond substituents is 1. The summed E-state index contributed by atoms with van der Waals surface area (Å²) in [4.78, 5) is 10.6. The average molecular weight is 422 g/mol. The van der Waals surface area contributed by atoms with Crippen LogP contribution >= 0.6 is 0 Å². The first kappa shape index (κ1) is 22.1. The zero-order chi connectivity index (χ0) is 21.6. The van der Waals surface area contributed by atoms with E-state index in [4.69, 9.17) is 4.74 Å². The molecule has 156 valence electrons. The summed E-state index contributed by atoms with van der Waals surface area (Å²) in [6, 6.07) is 8.18. The highest BCUT2D eigenvalue weighted by Gasteiger charge is 2.25. The van der Waals surface area contributed by atoms with E-state index in [0.717, 1.165) is 6.07 Å². The second-order valence-electron chi connectivity index (χ2n) is 5.83. The molecule has 11 heteroatoms. The highest BCUT2D eigenvalue weighted by Crippen LogP contribution is 2.29. The molecule has 0 amide bonds. The first-order valence-corrected chi connectivity index (χ1v) is 10.1. The first-order valence-electron chi connectivity index (χ1n) is 8.69. The lowest BCUT2D eigenvalue weighted by molar-refractivity contribution is -0.384. The standard InChI is InChI=1S/C18H22N4O6S/c1-4-21(5-2)29(26,27)14-7-8-15(16(11-14)22(24)25)20-19-12-13-6-9-18(28-3)17(23)10-13/h6-12,20,23H,4-5H2,1-3H3. The number of nitrogens with zero attached hydrogens (tertiary/aromatic N) is 3. The van der Waals surface area contributed by atoms with Crippen LogP contribution in [0.15, 0.2) is 46.4 Å². The number of nitro groups is 1. The fourth-order valence-corrected chi connectivity index (χ4v) is 4.07. The molecule has 2 aromatic carbocycles. The van der Waals surface area contributed by atoms with Gasteiger partial charge in [0.05, 0.1) is 23.1 Å². The predicted molar refractivity (Wildman–Crippen MR) is 109 cm³/mol. The summed E-state index contributed by atoms with van der Waals surface area (Å²) in [7, 11) is -2.40. The Bertz CT molecular complexity index is 1020. The molecule has 0 saturated carbocycles. The van der Waals surface area contributed by atoms with Crippen LogP contribution in [0.3, 0.4) is 0 Å². The SMILES string of the molecule is CCN(CC)S(=O)(=O)c1ccc(NN=Cc2ccc(OC)c(O)c2)c([N+](=O)[O-])c1. The number of sulfonamides is 1. The minimum Gasteiger partial charge on any atom is -0.504 e. The van der Waals surface area contributed by atoms with Crippen LogP contribution < -0.4 is 10.2 Å². The number of hydrogen-bond donors (Lipinski definition) is 2. The zero-order valence-electron chi connectivity index (χ0n) is 16.2. The molecule has 10 nitrogen and oxygen atoms in total. The van der Waals surface area contributed by atoms with Gasteiger partial charge in [-0.2, -0.15) is 9.41 Å². The van der Waals surface area contributed by atoms with Crippen molar-refractivity contribution >= 4 is 27.6 Å². The van der Waals surface area contributed by atoms with Gasteiger partial charge >= 0.3 is 0 Å². The van der Waals surface area contributed by atoms with Gasteiger partial charge in [-0.05, 0) is 35.9 Å². The summed E-state index contributed by atoms with van der Waals surface area (Å²) in [5.74, 6) is 0.226. The Labute approximate surface area is 168 Å². The summed E-state index contributed by atoms with van der Waals surface area (Å²) in [6.07, 6.45) is 1.35. The van der Waals surface area contributed by atoms with E-state index in [1.54, 1.807) is 26.0 Å². The number of benzene rings is 2. The quantitative estimate of drug-likeness (QED) is 0.360. The monoisotopic (exact) mass is 422 g/mol. The van der Waals surface area contributed by atoms with E-state index in [-0.39, 0.29) is 29.4 Å². The summed E-state index contributed by atoms with van der Waals surface area (Å²) in [5, 5.41) is 25.1. The van der Waals surface area contributed by atoms with Gasteiger partial charge in [0.25, 0.3) is 5.69 Å². The number of nitro benzene ring substituents is 1. The van der Waals surface area contributed by atoms with Crippen LogP contribution in [0.25, 0.3) is 0 Å². The van der Waals surface area contributed by atoms with Gasteiger partial charge in [0.1, 0.15) is 5.69 Å². The van der Waals surface area contributed by atoms with Gasteiger partial charge in [-0.15, -0.1) is 0 Å². The lowest BCUT2D eigenvalue weighted by atomic mass is 10.2. The lowest BCUT2D eigenvalue weighted by Gasteiger charge is -2.18. The Morgan fingerprint density at radius 2 is 1.93 bits per heavy atom. The van der Waals surface area contributed by atoms with Gasteiger partial charge in [0, 0.05) is 19.2 Å². The maximum absolute atomic E-state index is 12.6. The number of rotatable bonds is 9. The number of aromatic hydroxyl groups is 1. The molecular formula is C18H22N4O6S. The molecular weight excluding hydrogens is 400 g/mol. The molecule has 0 aliphatic carbocycles. The van der Waals surface area contributed by atoms with E-state index < -0.39 is 20.6 Å². The van der Waals surface area contributed by atoms with Crippen LogP contribution in [0.4, 0.5) is 11.4 Å². The number of hydrogen-bond acceptors (Lipinski definition) is 8. The van der Waals surface area contributed by atoms with Crippen molar-refractivity contribution in [3.8, 4) is 11.5 Å². The summed E-state index contributed by atoms with van der Waals surface area (Å²) in [6.45, 7) is 3.89. The molecule has 0 aliphatic rings. The minimum atomic E-state index is -3.83. The normalized spacial score (nSPS) is 11.7. The van der Waals surface area contributed by atoms with Gasteiger partial charge in [-0.3, -0.25) is 15.5 Å². The third-order valence-corrected chi connectivity index (χ3v) is 6.16. The number of hydrazone groups is 1. The molecule has 2 aromatic rings. The highest BCUT2D eigenvalue weighted by atomic mass is 32.2. The maximum Gasteiger partial charge on any atom is 0.295 e. The zero-order valence-corrected chi connectivity index (χ0v) is 17.0. The average Bonchev–Trinajstić information content (AvgIpc) is 2.68. The molecule has 29 heavy (non-hydrogen) atoms. The third kappa shape index (κ3) is 5.00. The van der Waals surface area contributed by atoms with Crippen LogP contribution in [-0.4, -0.2) is 49.2 Å². The van der Waals surface area contributed by atoms with Crippen molar-refractivity contribution in [3.05, 3.63) is 52.1 Å². The highest BCUT2D eigenvalue weighted by molar-refractivity contribution is 7.89. The smallest absolute Gasteiger partial charge is 0.295 e. The molecule has 0 bridgehead atoms. The Kier molecular flexibility index (Phi) is 7.13. The van der Waals surface area contributed by atoms with Crippen LogP contribution in [-0.2, 0) is 10.0 Å².